The first-order chi connectivity index (χ1) is 9.41. The van der Waals surface area contributed by atoms with Gasteiger partial charge in [0, 0.05) is 13.1 Å². The van der Waals surface area contributed by atoms with Crippen LogP contribution in [0.5, 0.6) is 0 Å². The fourth-order valence-corrected chi connectivity index (χ4v) is 1.52. The zero-order valence-electron chi connectivity index (χ0n) is 11.9. The number of nitrogens with two attached hydrogens (primary N) is 1. The number of likely N-dealkylation sites (N-methyl/N-ethyl adjacent to an activating group) is 1. The monoisotopic (exact) mass is 284 g/mol. The maximum Gasteiger partial charge on any atom is 0.332 e. The van der Waals surface area contributed by atoms with Crippen molar-refractivity contribution < 1.29 is 9.66 Å². The van der Waals surface area contributed by atoms with E-state index in [0.717, 1.165) is 6.54 Å². The van der Waals surface area contributed by atoms with Gasteiger partial charge in [0.05, 0.1) is 18.1 Å². The summed E-state index contributed by atoms with van der Waals surface area (Å²) in [5.41, 5.74) is 5.57. The van der Waals surface area contributed by atoms with E-state index in [1.807, 2.05) is 19.0 Å². The van der Waals surface area contributed by atoms with E-state index in [9.17, 15) is 10.1 Å². The number of anilines is 2. The van der Waals surface area contributed by atoms with Gasteiger partial charge in [0.15, 0.2) is 0 Å². The number of nitrogens with one attached hydrogen (secondary N) is 1. The summed E-state index contributed by atoms with van der Waals surface area (Å²) in [6.45, 7) is 3.77. The third kappa shape index (κ3) is 4.94. The Labute approximate surface area is 117 Å². The van der Waals surface area contributed by atoms with Gasteiger partial charge in [-0.15, -0.1) is 0 Å². The Hall–Kier alpha value is -2.00. The molecule has 0 bridgehead atoms. The lowest BCUT2D eigenvalue weighted by Gasteiger charge is -2.11. The summed E-state index contributed by atoms with van der Waals surface area (Å²) in [4.78, 5) is 20.1. The van der Waals surface area contributed by atoms with Gasteiger partial charge < -0.3 is 20.7 Å². The minimum atomic E-state index is -0.524. The van der Waals surface area contributed by atoms with E-state index in [1.165, 1.54) is 6.92 Å². The summed E-state index contributed by atoms with van der Waals surface area (Å²) >= 11 is 0. The van der Waals surface area contributed by atoms with Gasteiger partial charge in [-0.25, -0.2) is 4.98 Å². The third-order valence-electron chi connectivity index (χ3n) is 2.48. The van der Waals surface area contributed by atoms with Gasteiger partial charge >= 0.3 is 5.69 Å². The minimum absolute atomic E-state index is 0.00382. The molecule has 1 rings (SSSR count). The van der Waals surface area contributed by atoms with Gasteiger partial charge in [0.2, 0.25) is 11.8 Å². The topological polar surface area (TPSA) is 119 Å². The molecule has 0 aliphatic rings. The average Bonchev–Trinajstić information content (AvgIpc) is 2.31. The van der Waals surface area contributed by atoms with Crippen molar-refractivity contribution in [1.82, 2.24) is 14.9 Å². The average molecular weight is 284 g/mol. The van der Waals surface area contributed by atoms with Gasteiger partial charge in [0.25, 0.3) is 0 Å². The summed E-state index contributed by atoms with van der Waals surface area (Å²) in [7, 11) is 3.91. The second-order valence-corrected chi connectivity index (χ2v) is 4.46. The van der Waals surface area contributed by atoms with E-state index in [2.05, 4.69) is 15.3 Å². The molecule has 0 atom stereocenters. The molecule has 0 saturated heterocycles. The number of aromatic nitrogens is 2. The first-order valence-corrected chi connectivity index (χ1v) is 6.16. The van der Waals surface area contributed by atoms with E-state index < -0.39 is 4.92 Å². The molecule has 20 heavy (non-hydrogen) atoms. The molecule has 3 N–H and O–H groups in total. The molecule has 0 saturated carbocycles. The van der Waals surface area contributed by atoms with Crippen LogP contribution in [0.15, 0.2) is 0 Å². The molecule has 0 aliphatic heterocycles. The van der Waals surface area contributed by atoms with Crippen molar-refractivity contribution in [3.8, 4) is 0 Å². The SMILES string of the molecule is Cc1nc(N)nc(NCCOCCN(C)C)c1[N+](=O)[O-]. The predicted octanol–water partition coefficient (Wildman–Crippen LogP) is 0.266. The van der Waals surface area contributed by atoms with Crippen molar-refractivity contribution in [2.45, 2.75) is 6.92 Å². The maximum atomic E-state index is 11.0. The Morgan fingerprint density at radius 2 is 2.10 bits per heavy atom. The van der Waals surface area contributed by atoms with Crippen LogP contribution in [-0.4, -0.2) is 60.2 Å². The number of hydrogen-bond acceptors (Lipinski definition) is 8. The molecule has 112 valence electrons. The van der Waals surface area contributed by atoms with Crippen LogP contribution in [0.3, 0.4) is 0 Å². The van der Waals surface area contributed by atoms with Gasteiger partial charge in [-0.05, 0) is 21.0 Å². The van der Waals surface area contributed by atoms with Crippen molar-refractivity contribution in [1.29, 1.82) is 0 Å². The van der Waals surface area contributed by atoms with Crippen molar-refractivity contribution in [3.63, 3.8) is 0 Å². The molecule has 9 heteroatoms. The second kappa shape index (κ2) is 7.56. The molecule has 1 aromatic heterocycles. The smallest absolute Gasteiger partial charge is 0.332 e. The molecule has 1 aromatic rings. The highest BCUT2D eigenvalue weighted by Gasteiger charge is 2.20. The third-order valence-corrected chi connectivity index (χ3v) is 2.48. The maximum absolute atomic E-state index is 11.0. The zero-order valence-corrected chi connectivity index (χ0v) is 11.9. The minimum Gasteiger partial charge on any atom is -0.378 e. The van der Waals surface area contributed by atoms with E-state index in [-0.39, 0.29) is 23.1 Å². The van der Waals surface area contributed by atoms with Crippen LogP contribution in [0.4, 0.5) is 17.5 Å². The Balaban J connectivity index is 2.53. The molecule has 0 radical (unpaired) electrons. The summed E-state index contributed by atoms with van der Waals surface area (Å²) in [6, 6.07) is 0. The van der Waals surface area contributed by atoms with E-state index in [1.54, 1.807) is 0 Å². The van der Waals surface area contributed by atoms with Crippen molar-refractivity contribution in [3.05, 3.63) is 15.8 Å². The van der Waals surface area contributed by atoms with Crippen LogP contribution >= 0.6 is 0 Å². The Morgan fingerprint density at radius 1 is 1.40 bits per heavy atom. The first-order valence-electron chi connectivity index (χ1n) is 6.16. The van der Waals surface area contributed by atoms with Crippen LogP contribution in [-0.2, 0) is 4.74 Å². The largest absolute Gasteiger partial charge is 0.378 e. The van der Waals surface area contributed by atoms with Crippen molar-refractivity contribution in [2.75, 3.05) is 51.4 Å². The number of hydrogen-bond donors (Lipinski definition) is 2. The molecular weight excluding hydrogens is 264 g/mol. The van der Waals surface area contributed by atoms with Crippen LogP contribution in [0.2, 0.25) is 0 Å². The number of nitro groups is 1. The van der Waals surface area contributed by atoms with Crippen LogP contribution < -0.4 is 11.1 Å². The van der Waals surface area contributed by atoms with Gasteiger partial charge in [0.1, 0.15) is 5.69 Å². The lowest BCUT2D eigenvalue weighted by Crippen LogP contribution is -2.20. The lowest BCUT2D eigenvalue weighted by atomic mass is 10.3. The lowest BCUT2D eigenvalue weighted by molar-refractivity contribution is -0.385. The highest BCUT2D eigenvalue weighted by molar-refractivity contribution is 5.60. The van der Waals surface area contributed by atoms with Gasteiger partial charge in [-0.2, -0.15) is 4.98 Å². The van der Waals surface area contributed by atoms with E-state index in [4.69, 9.17) is 10.5 Å². The van der Waals surface area contributed by atoms with Gasteiger partial charge in [-0.1, -0.05) is 0 Å². The quantitative estimate of drug-likeness (QED) is 0.396. The molecule has 0 spiro atoms. The highest BCUT2D eigenvalue weighted by Crippen LogP contribution is 2.25. The molecule has 0 amide bonds. The van der Waals surface area contributed by atoms with Crippen molar-refractivity contribution in [2.24, 2.45) is 0 Å². The molecule has 9 nitrogen and oxygen atoms in total. The highest BCUT2D eigenvalue weighted by atomic mass is 16.6. The normalized spacial score (nSPS) is 10.8. The van der Waals surface area contributed by atoms with Crippen molar-refractivity contribution >= 4 is 17.5 Å². The number of rotatable bonds is 8. The number of nitrogens with zero attached hydrogens (tertiary/aromatic N) is 4. The molecule has 0 aromatic carbocycles. The summed E-state index contributed by atoms with van der Waals surface area (Å²) in [5, 5.41) is 13.8. The molecule has 0 unspecified atom stereocenters. The number of nitrogen functional groups attached to an aromatic ring is 1. The van der Waals surface area contributed by atoms with Gasteiger partial charge in [-0.3, -0.25) is 10.1 Å². The fraction of sp³-hybridized carbons (Fsp3) is 0.636. The Kier molecular flexibility index (Phi) is 6.07. The fourth-order valence-electron chi connectivity index (χ4n) is 1.52. The summed E-state index contributed by atoms with van der Waals surface area (Å²) in [6.07, 6.45) is 0. The van der Waals surface area contributed by atoms with Crippen LogP contribution in [0.1, 0.15) is 5.69 Å². The Bertz CT molecular complexity index is 466. The van der Waals surface area contributed by atoms with E-state index >= 15 is 0 Å². The first kappa shape index (κ1) is 16.1. The summed E-state index contributed by atoms with van der Waals surface area (Å²) in [5.74, 6) is 0.125. The number of ether oxygens (including phenoxy) is 1. The Morgan fingerprint density at radius 3 is 2.70 bits per heavy atom. The number of aryl methyl sites for hydroxylation is 1. The molecule has 0 aliphatic carbocycles. The molecular formula is C11H20N6O3. The molecule has 1 heterocycles. The van der Waals surface area contributed by atoms with Crippen LogP contribution in [0, 0.1) is 17.0 Å². The zero-order chi connectivity index (χ0) is 15.1. The second-order valence-electron chi connectivity index (χ2n) is 4.46. The van der Waals surface area contributed by atoms with E-state index in [0.29, 0.717) is 19.8 Å². The summed E-state index contributed by atoms with van der Waals surface area (Å²) < 4.78 is 5.38. The standard InChI is InChI=1S/C11H20N6O3/c1-8-9(17(18)19)10(15-11(12)14-8)13-4-6-20-7-5-16(2)3/h4-7H2,1-3H3,(H3,12,13,14,15). The predicted molar refractivity (Wildman–Crippen MR) is 75.7 cm³/mol. The molecule has 0 fully saturated rings. The van der Waals surface area contributed by atoms with Crippen LogP contribution in [0.25, 0.3) is 0 Å².